The SMILES string of the molecule is COc1ccc2c(c1)C(CC(=O)Nc1cccnn1)=C(C)/C2=C/c1cc(OC)c(OC)c(OC)c1. The zero-order valence-corrected chi connectivity index (χ0v) is 20.3. The Morgan fingerprint density at radius 3 is 2.29 bits per heavy atom. The quantitative estimate of drug-likeness (QED) is 0.499. The van der Waals surface area contributed by atoms with Gasteiger partial charge in [0.25, 0.3) is 0 Å². The van der Waals surface area contributed by atoms with Crippen molar-refractivity contribution in [3.63, 3.8) is 0 Å². The van der Waals surface area contributed by atoms with Crippen LogP contribution in [0.15, 0.2) is 54.2 Å². The fourth-order valence-electron chi connectivity index (χ4n) is 4.18. The van der Waals surface area contributed by atoms with Gasteiger partial charge in [-0.2, -0.15) is 5.10 Å². The van der Waals surface area contributed by atoms with Gasteiger partial charge < -0.3 is 24.3 Å². The lowest BCUT2D eigenvalue weighted by Gasteiger charge is -2.13. The fourth-order valence-corrected chi connectivity index (χ4v) is 4.18. The number of benzene rings is 2. The highest BCUT2D eigenvalue weighted by molar-refractivity contribution is 6.10. The Hall–Kier alpha value is -4.33. The highest BCUT2D eigenvalue weighted by atomic mass is 16.5. The molecule has 0 saturated heterocycles. The summed E-state index contributed by atoms with van der Waals surface area (Å²) in [6.45, 7) is 2.02. The van der Waals surface area contributed by atoms with Crippen molar-refractivity contribution in [2.45, 2.75) is 13.3 Å². The molecule has 2 aromatic carbocycles. The van der Waals surface area contributed by atoms with Crippen molar-refractivity contribution < 1.29 is 23.7 Å². The summed E-state index contributed by atoms with van der Waals surface area (Å²) in [7, 11) is 6.37. The van der Waals surface area contributed by atoms with Crippen molar-refractivity contribution in [2.75, 3.05) is 33.8 Å². The Morgan fingerprint density at radius 1 is 0.943 bits per heavy atom. The van der Waals surface area contributed by atoms with E-state index in [1.54, 1.807) is 46.8 Å². The van der Waals surface area contributed by atoms with Crippen molar-refractivity contribution in [1.29, 1.82) is 0 Å². The average molecular weight is 474 g/mol. The Bertz CT molecular complexity index is 1290. The molecule has 1 aliphatic rings. The van der Waals surface area contributed by atoms with Gasteiger partial charge in [-0.1, -0.05) is 6.07 Å². The lowest BCUT2D eigenvalue weighted by molar-refractivity contribution is -0.115. The minimum atomic E-state index is -0.178. The molecule has 8 heteroatoms. The summed E-state index contributed by atoms with van der Waals surface area (Å²) in [4.78, 5) is 12.9. The normalized spacial score (nSPS) is 13.5. The molecule has 0 atom stereocenters. The summed E-state index contributed by atoms with van der Waals surface area (Å²) in [5, 5.41) is 10.6. The number of carbonyl (C=O) groups excluding carboxylic acids is 1. The standard InChI is InChI=1S/C27H27N3O5/c1-16-20(11-17-12-23(33-3)27(35-5)24(13-17)34-4)19-9-8-18(32-2)14-22(19)21(16)15-26(31)29-25-7-6-10-28-30-25/h6-14H,15H2,1-5H3,(H,29,30,31)/b20-11-. The molecule has 1 heterocycles. The Morgan fingerprint density at radius 2 is 1.69 bits per heavy atom. The van der Waals surface area contributed by atoms with Crippen LogP contribution in [0.3, 0.4) is 0 Å². The molecular weight excluding hydrogens is 446 g/mol. The van der Waals surface area contributed by atoms with E-state index in [-0.39, 0.29) is 12.3 Å². The molecule has 0 aliphatic heterocycles. The number of allylic oxidation sites excluding steroid dienone is 2. The fraction of sp³-hybridized carbons (Fsp3) is 0.222. The van der Waals surface area contributed by atoms with Crippen LogP contribution in [0.4, 0.5) is 5.82 Å². The maximum absolute atomic E-state index is 12.9. The Kier molecular flexibility index (Phi) is 7.01. The van der Waals surface area contributed by atoms with Crippen LogP contribution in [0, 0.1) is 0 Å². The van der Waals surface area contributed by atoms with Gasteiger partial charge in [-0.05, 0) is 82.8 Å². The predicted octanol–water partition coefficient (Wildman–Crippen LogP) is 4.87. The molecule has 35 heavy (non-hydrogen) atoms. The lowest BCUT2D eigenvalue weighted by atomic mass is 10.00. The number of nitrogens with one attached hydrogen (secondary N) is 1. The first-order chi connectivity index (χ1) is 17.0. The van der Waals surface area contributed by atoms with Gasteiger partial charge in [0.1, 0.15) is 5.75 Å². The molecule has 1 aromatic heterocycles. The van der Waals surface area contributed by atoms with Crippen molar-refractivity contribution in [2.24, 2.45) is 0 Å². The maximum atomic E-state index is 12.9. The number of rotatable bonds is 8. The van der Waals surface area contributed by atoms with E-state index in [9.17, 15) is 4.79 Å². The molecular formula is C27H27N3O5. The molecule has 1 N–H and O–H groups in total. The number of hydrogen-bond donors (Lipinski definition) is 1. The lowest BCUT2D eigenvalue weighted by Crippen LogP contribution is -2.13. The first-order valence-corrected chi connectivity index (χ1v) is 11.0. The predicted molar refractivity (Wildman–Crippen MR) is 135 cm³/mol. The van der Waals surface area contributed by atoms with Crippen LogP contribution in [-0.2, 0) is 4.79 Å². The molecule has 0 fully saturated rings. The summed E-state index contributed by atoms with van der Waals surface area (Å²) >= 11 is 0. The maximum Gasteiger partial charge on any atom is 0.230 e. The second-order valence-corrected chi connectivity index (χ2v) is 7.87. The van der Waals surface area contributed by atoms with Gasteiger partial charge in [0.2, 0.25) is 11.7 Å². The van der Waals surface area contributed by atoms with Crippen LogP contribution in [0.25, 0.3) is 17.2 Å². The minimum absolute atomic E-state index is 0.176. The van der Waals surface area contributed by atoms with E-state index < -0.39 is 0 Å². The number of aromatic nitrogens is 2. The molecule has 0 saturated carbocycles. The van der Waals surface area contributed by atoms with Crippen LogP contribution in [0.5, 0.6) is 23.0 Å². The highest BCUT2D eigenvalue weighted by Gasteiger charge is 2.26. The largest absolute Gasteiger partial charge is 0.497 e. The molecule has 1 amide bonds. The molecule has 0 unspecified atom stereocenters. The van der Waals surface area contributed by atoms with Gasteiger partial charge in [0.15, 0.2) is 17.3 Å². The van der Waals surface area contributed by atoms with E-state index >= 15 is 0 Å². The van der Waals surface area contributed by atoms with Gasteiger partial charge in [0.05, 0.1) is 34.9 Å². The van der Waals surface area contributed by atoms with E-state index in [4.69, 9.17) is 18.9 Å². The third-order valence-corrected chi connectivity index (χ3v) is 5.87. The molecule has 4 rings (SSSR count). The van der Waals surface area contributed by atoms with Crippen molar-refractivity contribution in [3.05, 3.63) is 70.9 Å². The molecule has 1 aliphatic carbocycles. The van der Waals surface area contributed by atoms with E-state index in [2.05, 4.69) is 21.6 Å². The summed E-state index contributed by atoms with van der Waals surface area (Å²) in [5.41, 5.74) is 5.75. The van der Waals surface area contributed by atoms with Gasteiger partial charge >= 0.3 is 0 Å². The number of fused-ring (bicyclic) bond motifs is 1. The van der Waals surface area contributed by atoms with Crippen LogP contribution >= 0.6 is 0 Å². The summed E-state index contributed by atoms with van der Waals surface area (Å²) in [6.07, 6.45) is 3.79. The minimum Gasteiger partial charge on any atom is -0.497 e. The second-order valence-electron chi connectivity index (χ2n) is 7.87. The number of ether oxygens (including phenoxy) is 4. The second kappa shape index (κ2) is 10.3. The van der Waals surface area contributed by atoms with E-state index in [1.165, 1.54) is 0 Å². The van der Waals surface area contributed by atoms with Gasteiger partial charge in [0, 0.05) is 6.20 Å². The molecule has 8 nitrogen and oxygen atoms in total. The Balaban J connectivity index is 1.77. The van der Waals surface area contributed by atoms with Crippen molar-refractivity contribution in [1.82, 2.24) is 10.2 Å². The highest BCUT2D eigenvalue weighted by Crippen LogP contribution is 2.46. The van der Waals surface area contributed by atoms with Crippen LogP contribution in [0.1, 0.15) is 30.0 Å². The molecule has 180 valence electrons. The number of hydrogen-bond acceptors (Lipinski definition) is 7. The molecule has 0 bridgehead atoms. The van der Waals surface area contributed by atoms with E-state index in [0.717, 1.165) is 39.2 Å². The molecule has 0 radical (unpaired) electrons. The smallest absolute Gasteiger partial charge is 0.230 e. The topological polar surface area (TPSA) is 91.8 Å². The third kappa shape index (κ3) is 4.82. The van der Waals surface area contributed by atoms with Crippen LogP contribution in [0.2, 0.25) is 0 Å². The first-order valence-electron chi connectivity index (χ1n) is 11.0. The number of amides is 1. The monoisotopic (exact) mass is 473 g/mol. The van der Waals surface area contributed by atoms with Gasteiger partial charge in [-0.15, -0.1) is 5.10 Å². The third-order valence-electron chi connectivity index (χ3n) is 5.87. The number of nitrogens with zero attached hydrogens (tertiary/aromatic N) is 2. The van der Waals surface area contributed by atoms with Gasteiger partial charge in [-0.3, -0.25) is 4.79 Å². The van der Waals surface area contributed by atoms with Gasteiger partial charge in [-0.25, -0.2) is 0 Å². The summed E-state index contributed by atoms with van der Waals surface area (Å²) in [6, 6.07) is 13.1. The van der Waals surface area contributed by atoms with E-state index in [1.807, 2.05) is 37.3 Å². The number of carbonyl (C=O) groups is 1. The first kappa shape index (κ1) is 23.8. The number of methoxy groups -OCH3 is 4. The zero-order valence-electron chi connectivity index (χ0n) is 20.3. The van der Waals surface area contributed by atoms with Crippen molar-refractivity contribution >= 4 is 28.9 Å². The molecule has 3 aromatic rings. The van der Waals surface area contributed by atoms with Crippen LogP contribution < -0.4 is 24.3 Å². The Labute approximate surface area is 204 Å². The summed E-state index contributed by atoms with van der Waals surface area (Å²) < 4.78 is 21.9. The number of anilines is 1. The average Bonchev–Trinajstić information content (AvgIpc) is 3.13. The molecule has 0 spiro atoms. The van der Waals surface area contributed by atoms with E-state index in [0.29, 0.717) is 23.1 Å². The van der Waals surface area contributed by atoms with Crippen molar-refractivity contribution in [3.8, 4) is 23.0 Å². The summed E-state index contributed by atoms with van der Waals surface area (Å²) in [5.74, 6) is 2.61. The zero-order chi connectivity index (χ0) is 24.9. The van der Waals surface area contributed by atoms with Crippen LogP contribution in [-0.4, -0.2) is 44.5 Å².